The highest BCUT2D eigenvalue weighted by atomic mass is 19.1. The lowest BCUT2D eigenvalue weighted by Gasteiger charge is -2.14. The predicted octanol–water partition coefficient (Wildman–Crippen LogP) is 1.31. The van der Waals surface area contributed by atoms with E-state index in [-0.39, 0.29) is 11.9 Å². The van der Waals surface area contributed by atoms with Crippen LogP contribution in [0.5, 0.6) is 11.6 Å². The van der Waals surface area contributed by atoms with Crippen LogP contribution in [0.1, 0.15) is 6.42 Å². The molecule has 2 heterocycles. The van der Waals surface area contributed by atoms with Gasteiger partial charge in [0.05, 0.1) is 13.3 Å². The number of hydrogen-bond donors (Lipinski definition) is 0. The zero-order valence-electron chi connectivity index (χ0n) is 9.44. The zero-order chi connectivity index (χ0) is 11.5. The van der Waals surface area contributed by atoms with E-state index in [1.165, 1.54) is 13.2 Å². The molecule has 1 aromatic rings. The number of likely N-dealkylation sites (tertiary alicyclic amines) is 1. The first-order chi connectivity index (χ1) is 7.69. The van der Waals surface area contributed by atoms with Gasteiger partial charge in [-0.05, 0) is 13.5 Å². The number of halogens is 1. The molecule has 0 aromatic carbocycles. The summed E-state index contributed by atoms with van der Waals surface area (Å²) in [6.07, 6.45) is 2.08. The van der Waals surface area contributed by atoms with Gasteiger partial charge in [-0.2, -0.15) is 0 Å². The Labute approximate surface area is 94.0 Å². The van der Waals surface area contributed by atoms with Gasteiger partial charge in [-0.1, -0.05) is 0 Å². The third-order valence-corrected chi connectivity index (χ3v) is 2.65. The Morgan fingerprint density at radius 1 is 1.56 bits per heavy atom. The largest absolute Gasteiger partial charge is 0.486 e. The van der Waals surface area contributed by atoms with E-state index < -0.39 is 5.82 Å². The molecule has 0 radical (unpaired) electrons. The molecule has 0 N–H and O–H groups in total. The van der Waals surface area contributed by atoms with Crippen LogP contribution in [0.25, 0.3) is 0 Å². The molecule has 1 saturated heterocycles. The van der Waals surface area contributed by atoms with Crippen molar-refractivity contribution in [1.29, 1.82) is 0 Å². The molecule has 0 amide bonds. The maximum absolute atomic E-state index is 13.4. The molecule has 1 atom stereocenters. The van der Waals surface area contributed by atoms with Gasteiger partial charge in [-0.15, -0.1) is 0 Å². The summed E-state index contributed by atoms with van der Waals surface area (Å²) in [5.74, 6) is 0.130. The topological polar surface area (TPSA) is 34.6 Å². The normalized spacial score (nSPS) is 21.1. The second-order valence-corrected chi connectivity index (χ2v) is 3.95. The third-order valence-electron chi connectivity index (χ3n) is 2.65. The van der Waals surface area contributed by atoms with Gasteiger partial charge in [0.1, 0.15) is 6.10 Å². The Bertz CT molecular complexity index is 373. The van der Waals surface area contributed by atoms with E-state index >= 15 is 0 Å². The molecule has 5 heteroatoms. The fraction of sp³-hybridized carbons (Fsp3) is 0.545. The van der Waals surface area contributed by atoms with Gasteiger partial charge in [0.25, 0.3) is 0 Å². The summed E-state index contributed by atoms with van der Waals surface area (Å²) in [4.78, 5) is 5.91. The summed E-state index contributed by atoms with van der Waals surface area (Å²) in [5.41, 5.74) is 0. The highest BCUT2D eigenvalue weighted by molar-refractivity contribution is 5.28. The van der Waals surface area contributed by atoms with Crippen molar-refractivity contribution in [2.24, 2.45) is 0 Å². The number of hydrogen-bond acceptors (Lipinski definition) is 4. The van der Waals surface area contributed by atoms with Gasteiger partial charge < -0.3 is 14.4 Å². The van der Waals surface area contributed by atoms with E-state index in [0.29, 0.717) is 5.88 Å². The Balaban J connectivity index is 2.08. The number of pyridine rings is 1. The lowest BCUT2D eigenvalue weighted by atomic mass is 10.3. The van der Waals surface area contributed by atoms with Crippen LogP contribution in [-0.2, 0) is 0 Å². The van der Waals surface area contributed by atoms with Gasteiger partial charge >= 0.3 is 0 Å². The van der Waals surface area contributed by atoms with Gasteiger partial charge in [0.2, 0.25) is 5.88 Å². The number of ether oxygens (including phenoxy) is 2. The maximum atomic E-state index is 13.4. The molecule has 0 bridgehead atoms. The first-order valence-electron chi connectivity index (χ1n) is 5.24. The van der Waals surface area contributed by atoms with Crippen LogP contribution in [0.2, 0.25) is 0 Å². The molecule has 88 valence electrons. The minimum atomic E-state index is -0.449. The molecule has 1 aromatic heterocycles. The van der Waals surface area contributed by atoms with Gasteiger partial charge in [0, 0.05) is 19.2 Å². The lowest BCUT2D eigenvalue weighted by molar-refractivity contribution is 0.198. The van der Waals surface area contributed by atoms with E-state index in [4.69, 9.17) is 9.47 Å². The van der Waals surface area contributed by atoms with E-state index in [0.717, 1.165) is 25.7 Å². The molecule has 4 nitrogen and oxygen atoms in total. The van der Waals surface area contributed by atoms with E-state index in [1.807, 2.05) is 7.05 Å². The van der Waals surface area contributed by atoms with Crippen molar-refractivity contribution in [2.45, 2.75) is 12.5 Å². The molecule has 1 aliphatic rings. The highest BCUT2D eigenvalue weighted by Gasteiger charge is 2.22. The number of nitrogens with zero attached hydrogens (tertiary/aromatic N) is 2. The van der Waals surface area contributed by atoms with Crippen molar-refractivity contribution in [3.8, 4) is 11.6 Å². The number of likely N-dealkylation sites (N-methyl/N-ethyl adjacent to an activating group) is 1. The predicted molar refractivity (Wildman–Crippen MR) is 57.3 cm³/mol. The molecule has 0 spiro atoms. The number of rotatable bonds is 3. The van der Waals surface area contributed by atoms with Crippen LogP contribution in [0, 0.1) is 5.82 Å². The van der Waals surface area contributed by atoms with Crippen molar-refractivity contribution in [3.05, 3.63) is 18.1 Å². The Morgan fingerprint density at radius 3 is 3.00 bits per heavy atom. The van der Waals surface area contributed by atoms with Crippen LogP contribution in [0.15, 0.2) is 12.3 Å². The smallest absolute Gasteiger partial charge is 0.216 e. The van der Waals surface area contributed by atoms with E-state index in [9.17, 15) is 4.39 Å². The summed E-state index contributed by atoms with van der Waals surface area (Å²) >= 11 is 0. The van der Waals surface area contributed by atoms with Crippen LogP contribution < -0.4 is 9.47 Å². The molecule has 0 aliphatic carbocycles. The minimum Gasteiger partial charge on any atom is -0.486 e. The first kappa shape index (κ1) is 11.1. The summed E-state index contributed by atoms with van der Waals surface area (Å²) in [7, 11) is 3.51. The van der Waals surface area contributed by atoms with Crippen molar-refractivity contribution in [1.82, 2.24) is 9.88 Å². The van der Waals surface area contributed by atoms with E-state index in [1.54, 1.807) is 0 Å². The SMILES string of the molecule is COc1cc(OC2CCN(C)C2)c(F)cn1. The molecule has 1 aliphatic heterocycles. The second-order valence-electron chi connectivity index (χ2n) is 3.95. The fourth-order valence-corrected chi connectivity index (χ4v) is 1.77. The highest BCUT2D eigenvalue weighted by Crippen LogP contribution is 2.24. The minimum absolute atomic E-state index is 0.0478. The van der Waals surface area contributed by atoms with Gasteiger partial charge in [-0.3, -0.25) is 0 Å². The van der Waals surface area contributed by atoms with Crippen LogP contribution in [0.3, 0.4) is 0 Å². The summed E-state index contributed by atoms with van der Waals surface area (Å²) in [5, 5.41) is 0. The average Bonchev–Trinajstić information content (AvgIpc) is 2.67. The lowest BCUT2D eigenvalue weighted by Crippen LogP contribution is -2.21. The quantitative estimate of drug-likeness (QED) is 0.778. The third kappa shape index (κ3) is 2.41. The van der Waals surface area contributed by atoms with Crippen molar-refractivity contribution in [2.75, 3.05) is 27.2 Å². The van der Waals surface area contributed by atoms with Gasteiger partial charge in [0.15, 0.2) is 11.6 Å². The Morgan fingerprint density at radius 2 is 2.38 bits per heavy atom. The Hall–Kier alpha value is -1.36. The summed E-state index contributed by atoms with van der Waals surface area (Å²) < 4.78 is 23.9. The van der Waals surface area contributed by atoms with Crippen molar-refractivity contribution in [3.63, 3.8) is 0 Å². The zero-order valence-corrected chi connectivity index (χ0v) is 9.44. The monoisotopic (exact) mass is 226 g/mol. The molecule has 0 saturated carbocycles. The second kappa shape index (κ2) is 4.65. The number of methoxy groups -OCH3 is 1. The van der Waals surface area contributed by atoms with Gasteiger partial charge in [-0.25, -0.2) is 9.37 Å². The van der Waals surface area contributed by atoms with Crippen molar-refractivity contribution < 1.29 is 13.9 Å². The standard InChI is InChI=1S/C11H15FN2O2/c1-14-4-3-8(7-14)16-10-5-11(15-2)13-6-9(10)12/h5-6,8H,3-4,7H2,1-2H3. The molecular weight excluding hydrogens is 211 g/mol. The van der Waals surface area contributed by atoms with Crippen molar-refractivity contribution >= 4 is 0 Å². The summed E-state index contributed by atoms with van der Waals surface area (Å²) in [6, 6.07) is 1.48. The molecule has 1 fully saturated rings. The molecule has 16 heavy (non-hydrogen) atoms. The fourth-order valence-electron chi connectivity index (χ4n) is 1.77. The number of aromatic nitrogens is 1. The molecular formula is C11H15FN2O2. The molecule has 2 rings (SSSR count). The molecule has 1 unspecified atom stereocenters. The van der Waals surface area contributed by atoms with Crippen LogP contribution in [-0.4, -0.2) is 43.2 Å². The maximum Gasteiger partial charge on any atom is 0.216 e. The van der Waals surface area contributed by atoms with Crippen LogP contribution >= 0.6 is 0 Å². The average molecular weight is 226 g/mol. The first-order valence-corrected chi connectivity index (χ1v) is 5.24. The summed E-state index contributed by atoms with van der Waals surface area (Å²) in [6.45, 7) is 1.80. The van der Waals surface area contributed by atoms with Crippen LogP contribution in [0.4, 0.5) is 4.39 Å². The van der Waals surface area contributed by atoms with E-state index in [2.05, 4.69) is 9.88 Å². The Kier molecular flexibility index (Phi) is 3.24.